The van der Waals surface area contributed by atoms with E-state index in [4.69, 9.17) is 0 Å². The number of nitrogens with zero attached hydrogens (tertiary/aromatic N) is 3. The summed E-state index contributed by atoms with van der Waals surface area (Å²) in [6.45, 7) is 8.59. The highest BCUT2D eigenvalue weighted by Crippen LogP contribution is 2.38. The summed E-state index contributed by atoms with van der Waals surface area (Å²) in [5, 5.41) is 19.1. The van der Waals surface area contributed by atoms with Crippen LogP contribution in [0.1, 0.15) is 40.5 Å². The van der Waals surface area contributed by atoms with Gasteiger partial charge in [0, 0.05) is 22.0 Å². The molecule has 0 spiro atoms. The van der Waals surface area contributed by atoms with Gasteiger partial charge in [0.25, 0.3) is 0 Å². The Labute approximate surface area is 163 Å². The fourth-order valence-corrected chi connectivity index (χ4v) is 4.81. The van der Waals surface area contributed by atoms with E-state index in [0.29, 0.717) is 5.03 Å². The number of piperidine rings is 1. The maximum Gasteiger partial charge on any atom is 0.343 e. The van der Waals surface area contributed by atoms with Crippen LogP contribution < -0.4 is 10.6 Å². The molecule has 2 heterocycles. The minimum atomic E-state index is -0.398. The lowest BCUT2D eigenvalue weighted by atomic mass is 9.79. The van der Waals surface area contributed by atoms with Crippen molar-refractivity contribution in [1.82, 2.24) is 15.3 Å². The van der Waals surface area contributed by atoms with Gasteiger partial charge in [-0.1, -0.05) is 30.0 Å². The first-order chi connectivity index (χ1) is 12.7. The van der Waals surface area contributed by atoms with Gasteiger partial charge in [-0.15, -0.1) is 0 Å². The topological polar surface area (TPSA) is 93.0 Å². The molecule has 1 aliphatic heterocycles. The molecule has 0 bridgehead atoms. The molecule has 0 radical (unpaired) electrons. The highest BCUT2D eigenvalue weighted by Gasteiger charge is 2.38. The molecule has 0 aliphatic carbocycles. The van der Waals surface area contributed by atoms with Crippen LogP contribution in [0, 0.1) is 10.1 Å². The van der Waals surface area contributed by atoms with Crippen LogP contribution in [-0.2, 0) is 0 Å². The van der Waals surface area contributed by atoms with E-state index in [0.717, 1.165) is 17.7 Å². The minimum Gasteiger partial charge on any atom is -0.361 e. The molecular formula is C19H25N5O2S. The molecule has 1 fully saturated rings. The summed E-state index contributed by atoms with van der Waals surface area (Å²) in [5.74, 6) is 0.284. The van der Waals surface area contributed by atoms with E-state index < -0.39 is 4.92 Å². The standard InChI is InChI=1S/C19H25N5O2S/c1-18(2)10-13(11-19(3,4)23-18)22-16-15(24(25)26)17(21-12-20-16)27-14-8-6-5-7-9-14/h5-9,12-13,23H,10-11H2,1-4H3,(H,20,21,22). The van der Waals surface area contributed by atoms with Crippen LogP contribution in [-0.4, -0.2) is 32.0 Å². The Balaban J connectivity index is 1.89. The third kappa shape index (κ3) is 4.95. The van der Waals surface area contributed by atoms with Crippen LogP contribution in [0.4, 0.5) is 11.5 Å². The molecule has 1 aromatic heterocycles. The number of benzene rings is 1. The Morgan fingerprint density at radius 3 is 2.37 bits per heavy atom. The van der Waals surface area contributed by atoms with E-state index in [-0.39, 0.29) is 28.6 Å². The second-order valence-corrected chi connectivity index (χ2v) is 9.25. The van der Waals surface area contributed by atoms with Crippen molar-refractivity contribution in [2.24, 2.45) is 0 Å². The third-order valence-electron chi connectivity index (χ3n) is 4.46. The van der Waals surface area contributed by atoms with Gasteiger partial charge in [0.15, 0.2) is 5.03 Å². The fourth-order valence-electron chi connectivity index (χ4n) is 3.93. The van der Waals surface area contributed by atoms with Crippen molar-refractivity contribution < 1.29 is 4.92 Å². The number of anilines is 1. The normalized spacial score (nSPS) is 18.8. The molecule has 2 aromatic rings. The number of nitro groups is 1. The van der Waals surface area contributed by atoms with Crippen molar-refractivity contribution in [3.63, 3.8) is 0 Å². The maximum atomic E-state index is 11.8. The predicted molar refractivity (Wildman–Crippen MR) is 107 cm³/mol. The highest BCUT2D eigenvalue weighted by atomic mass is 32.2. The molecule has 0 atom stereocenters. The average molecular weight is 388 g/mol. The molecule has 0 saturated carbocycles. The number of rotatable bonds is 5. The predicted octanol–water partition coefficient (Wildman–Crippen LogP) is 4.26. The second-order valence-electron chi connectivity index (χ2n) is 8.19. The van der Waals surface area contributed by atoms with Crippen LogP contribution >= 0.6 is 11.8 Å². The molecule has 144 valence electrons. The van der Waals surface area contributed by atoms with Crippen LogP contribution in [0.15, 0.2) is 46.6 Å². The molecule has 1 saturated heterocycles. The lowest BCUT2D eigenvalue weighted by Gasteiger charge is -2.46. The summed E-state index contributed by atoms with van der Waals surface area (Å²) in [4.78, 5) is 20.6. The van der Waals surface area contributed by atoms with Gasteiger partial charge in [0.05, 0.1) is 4.92 Å². The van der Waals surface area contributed by atoms with Gasteiger partial charge < -0.3 is 10.6 Å². The van der Waals surface area contributed by atoms with Gasteiger partial charge >= 0.3 is 5.69 Å². The molecule has 3 rings (SSSR count). The first-order valence-corrected chi connectivity index (χ1v) is 9.75. The zero-order valence-corrected chi connectivity index (χ0v) is 16.8. The van der Waals surface area contributed by atoms with E-state index in [1.165, 1.54) is 18.1 Å². The molecule has 1 aromatic carbocycles. The Morgan fingerprint density at radius 1 is 1.15 bits per heavy atom. The van der Waals surface area contributed by atoms with Crippen molar-refractivity contribution in [3.05, 3.63) is 46.8 Å². The van der Waals surface area contributed by atoms with Crippen molar-refractivity contribution in [2.45, 2.75) is 67.6 Å². The maximum absolute atomic E-state index is 11.8. The van der Waals surface area contributed by atoms with Crippen molar-refractivity contribution >= 4 is 23.3 Å². The zero-order valence-electron chi connectivity index (χ0n) is 16.0. The molecule has 1 aliphatic rings. The number of aromatic nitrogens is 2. The summed E-state index contributed by atoms with van der Waals surface area (Å²) in [6, 6.07) is 9.59. The summed E-state index contributed by atoms with van der Waals surface area (Å²) in [7, 11) is 0. The average Bonchev–Trinajstić information content (AvgIpc) is 2.52. The van der Waals surface area contributed by atoms with Crippen molar-refractivity contribution in [1.29, 1.82) is 0 Å². The van der Waals surface area contributed by atoms with E-state index in [1.54, 1.807) is 0 Å². The van der Waals surface area contributed by atoms with Gasteiger partial charge in [-0.2, -0.15) is 0 Å². The van der Waals surface area contributed by atoms with Gasteiger partial charge in [-0.05, 0) is 52.7 Å². The molecule has 27 heavy (non-hydrogen) atoms. The first kappa shape index (κ1) is 19.6. The smallest absolute Gasteiger partial charge is 0.343 e. The van der Waals surface area contributed by atoms with Crippen LogP contribution in [0.5, 0.6) is 0 Å². The number of nitrogens with one attached hydrogen (secondary N) is 2. The van der Waals surface area contributed by atoms with E-state index in [9.17, 15) is 10.1 Å². The van der Waals surface area contributed by atoms with Crippen LogP contribution in [0.2, 0.25) is 0 Å². The molecule has 8 heteroatoms. The van der Waals surface area contributed by atoms with Gasteiger partial charge in [0.2, 0.25) is 5.82 Å². The molecular weight excluding hydrogens is 362 g/mol. The molecule has 7 nitrogen and oxygen atoms in total. The number of hydrogen-bond donors (Lipinski definition) is 2. The largest absolute Gasteiger partial charge is 0.361 e. The summed E-state index contributed by atoms with van der Waals surface area (Å²) < 4.78 is 0. The van der Waals surface area contributed by atoms with Crippen LogP contribution in [0.3, 0.4) is 0 Å². The second kappa shape index (κ2) is 7.44. The summed E-state index contributed by atoms with van der Waals surface area (Å²) in [6.07, 6.45) is 3.08. The van der Waals surface area contributed by atoms with Crippen molar-refractivity contribution in [3.8, 4) is 0 Å². The summed E-state index contributed by atoms with van der Waals surface area (Å²) >= 11 is 1.27. The highest BCUT2D eigenvalue weighted by molar-refractivity contribution is 7.99. The quantitative estimate of drug-likeness (QED) is 0.450. The Hall–Kier alpha value is -2.19. The number of hydrogen-bond acceptors (Lipinski definition) is 7. The van der Waals surface area contributed by atoms with Crippen molar-refractivity contribution in [2.75, 3.05) is 5.32 Å². The molecule has 2 N–H and O–H groups in total. The lowest BCUT2D eigenvalue weighted by Crippen LogP contribution is -2.60. The monoisotopic (exact) mass is 387 g/mol. The van der Waals surface area contributed by atoms with Gasteiger partial charge in [-0.25, -0.2) is 9.97 Å². The minimum absolute atomic E-state index is 0.0666. The Kier molecular flexibility index (Phi) is 5.39. The van der Waals surface area contributed by atoms with Gasteiger partial charge in [-0.3, -0.25) is 10.1 Å². The fraction of sp³-hybridized carbons (Fsp3) is 0.474. The SMILES string of the molecule is CC1(C)CC(Nc2ncnc(Sc3ccccc3)c2[N+](=O)[O-])CC(C)(C)N1. The summed E-state index contributed by atoms with van der Waals surface area (Å²) in [5.41, 5.74) is -0.202. The first-order valence-electron chi connectivity index (χ1n) is 8.93. The van der Waals surface area contributed by atoms with E-state index in [1.807, 2.05) is 30.3 Å². The Bertz CT molecular complexity index is 810. The molecule has 0 amide bonds. The third-order valence-corrected chi connectivity index (χ3v) is 5.46. The zero-order chi connectivity index (χ0) is 19.7. The Morgan fingerprint density at radius 2 is 1.78 bits per heavy atom. The lowest BCUT2D eigenvalue weighted by molar-refractivity contribution is -0.387. The van der Waals surface area contributed by atoms with Crippen LogP contribution in [0.25, 0.3) is 0 Å². The van der Waals surface area contributed by atoms with E-state index in [2.05, 4.69) is 48.3 Å². The van der Waals surface area contributed by atoms with E-state index >= 15 is 0 Å². The van der Waals surface area contributed by atoms with Gasteiger partial charge in [0.1, 0.15) is 6.33 Å². The molecule has 0 unspecified atom stereocenters.